The zero-order valence-corrected chi connectivity index (χ0v) is 18.1. The minimum absolute atomic E-state index is 0.124. The summed E-state index contributed by atoms with van der Waals surface area (Å²) >= 11 is 0. The van der Waals surface area contributed by atoms with Crippen LogP contribution in [0, 0.1) is 0 Å². The van der Waals surface area contributed by atoms with Gasteiger partial charge in [0.2, 0.25) is 5.91 Å². The van der Waals surface area contributed by atoms with Crippen molar-refractivity contribution >= 4 is 11.8 Å². The molecule has 4 rings (SSSR count). The van der Waals surface area contributed by atoms with Crippen LogP contribution in [-0.2, 0) is 11.3 Å². The summed E-state index contributed by atoms with van der Waals surface area (Å²) in [6, 6.07) is 13.6. The second-order valence-corrected chi connectivity index (χ2v) is 7.90. The number of ether oxygens (including phenoxy) is 1. The van der Waals surface area contributed by atoms with Crippen molar-refractivity contribution in [3.8, 4) is 5.75 Å². The molecule has 1 saturated carbocycles. The van der Waals surface area contributed by atoms with Crippen molar-refractivity contribution in [1.82, 2.24) is 15.2 Å². The number of nitrogens with one attached hydrogen (secondary N) is 1. The minimum atomic E-state index is -0.846. The lowest BCUT2D eigenvalue weighted by atomic mass is 10.0. The third-order valence-corrected chi connectivity index (χ3v) is 5.81. The summed E-state index contributed by atoms with van der Waals surface area (Å²) in [4.78, 5) is 32.8. The van der Waals surface area contributed by atoms with Crippen LogP contribution in [0.2, 0.25) is 0 Å². The van der Waals surface area contributed by atoms with Gasteiger partial charge in [0.1, 0.15) is 11.8 Å². The van der Waals surface area contributed by atoms with E-state index < -0.39 is 6.04 Å². The van der Waals surface area contributed by atoms with Gasteiger partial charge in [-0.15, -0.1) is 0 Å². The van der Waals surface area contributed by atoms with Crippen molar-refractivity contribution < 1.29 is 18.7 Å². The Balaban J connectivity index is 1.74. The number of carbonyl (C=O) groups is 2. The van der Waals surface area contributed by atoms with Gasteiger partial charge in [-0.05, 0) is 48.7 Å². The van der Waals surface area contributed by atoms with Crippen LogP contribution in [-0.4, -0.2) is 34.8 Å². The molecule has 0 saturated heterocycles. The molecule has 3 aromatic rings. The fourth-order valence-electron chi connectivity index (χ4n) is 4.21. The molecule has 32 heavy (non-hydrogen) atoms. The van der Waals surface area contributed by atoms with Gasteiger partial charge >= 0.3 is 0 Å². The smallest absolute Gasteiger partial charge is 0.290 e. The number of aromatic nitrogens is 1. The maximum absolute atomic E-state index is 13.6. The van der Waals surface area contributed by atoms with Gasteiger partial charge in [0, 0.05) is 24.0 Å². The summed E-state index contributed by atoms with van der Waals surface area (Å²) in [5.41, 5.74) is 1.48. The predicted molar refractivity (Wildman–Crippen MR) is 119 cm³/mol. The maximum atomic E-state index is 13.6. The van der Waals surface area contributed by atoms with Crippen LogP contribution in [0.1, 0.15) is 53.4 Å². The maximum Gasteiger partial charge on any atom is 0.290 e. The average molecular weight is 434 g/mol. The van der Waals surface area contributed by atoms with Gasteiger partial charge in [0.05, 0.1) is 19.9 Å². The van der Waals surface area contributed by atoms with Crippen LogP contribution in [0.25, 0.3) is 0 Å². The zero-order chi connectivity index (χ0) is 22.3. The number of para-hydroxylation sites is 1. The Labute approximate surface area is 187 Å². The SMILES string of the molecule is COc1ccccc1CN(C(=O)c1ccco1)[C@H](C(=O)NC1CCCC1)c1ccncc1. The Morgan fingerprint density at radius 2 is 1.88 bits per heavy atom. The standard InChI is InChI=1S/C25H27N3O4/c1-31-21-10-5-2-7-19(21)17-28(25(30)22-11-6-16-32-22)23(18-12-14-26-15-13-18)24(29)27-20-8-3-4-9-20/h2,5-7,10-16,20,23H,3-4,8-9,17H2,1H3,(H,27,29)/t23-/m0/s1. The predicted octanol–water partition coefficient (Wildman–Crippen LogP) is 4.13. The number of benzene rings is 1. The highest BCUT2D eigenvalue weighted by molar-refractivity contribution is 5.96. The van der Waals surface area contributed by atoms with E-state index in [0.717, 1.165) is 31.2 Å². The topological polar surface area (TPSA) is 84.7 Å². The number of amides is 2. The molecular formula is C25H27N3O4. The van der Waals surface area contributed by atoms with Gasteiger partial charge in [0.25, 0.3) is 5.91 Å². The Morgan fingerprint density at radius 3 is 2.56 bits per heavy atom. The third kappa shape index (κ3) is 4.82. The molecule has 2 heterocycles. The molecule has 2 amide bonds. The molecule has 0 aliphatic heterocycles. The molecule has 0 spiro atoms. The highest BCUT2D eigenvalue weighted by Crippen LogP contribution is 2.29. The number of rotatable bonds is 8. The second kappa shape index (κ2) is 10.1. The number of nitrogens with zero attached hydrogens (tertiary/aromatic N) is 2. The molecule has 1 fully saturated rings. The van der Waals surface area contributed by atoms with Crippen LogP contribution in [0.3, 0.4) is 0 Å². The zero-order valence-electron chi connectivity index (χ0n) is 18.1. The average Bonchev–Trinajstić information content (AvgIpc) is 3.54. The van der Waals surface area contributed by atoms with E-state index >= 15 is 0 Å². The van der Waals surface area contributed by atoms with Crippen LogP contribution in [0.4, 0.5) is 0 Å². The van der Waals surface area contributed by atoms with Crippen molar-refractivity contribution in [2.75, 3.05) is 7.11 Å². The summed E-state index contributed by atoms with van der Waals surface area (Å²) < 4.78 is 10.9. The number of pyridine rings is 1. The molecule has 2 aromatic heterocycles. The van der Waals surface area contributed by atoms with Gasteiger partial charge in [-0.2, -0.15) is 0 Å². The first kappa shape index (κ1) is 21.6. The first-order valence-corrected chi connectivity index (χ1v) is 10.8. The van der Waals surface area contributed by atoms with Gasteiger partial charge in [-0.3, -0.25) is 14.6 Å². The fraction of sp³-hybridized carbons (Fsp3) is 0.320. The van der Waals surface area contributed by atoms with E-state index in [2.05, 4.69) is 10.3 Å². The number of furan rings is 1. The Kier molecular flexibility index (Phi) is 6.84. The number of methoxy groups -OCH3 is 1. The Bertz CT molecular complexity index is 1030. The lowest BCUT2D eigenvalue weighted by molar-refractivity contribution is -0.126. The third-order valence-electron chi connectivity index (χ3n) is 5.81. The van der Waals surface area contributed by atoms with E-state index in [1.165, 1.54) is 11.2 Å². The molecule has 1 aliphatic carbocycles. The molecule has 0 unspecified atom stereocenters. The highest BCUT2D eigenvalue weighted by Gasteiger charge is 2.35. The molecule has 1 N–H and O–H groups in total. The van der Waals surface area contributed by atoms with Crippen molar-refractivity contribution in [2.45, 2.75) is 44.3 Å². The molecule has 1 aromatic carbocycles. The van der Waals surface area contributed by atoms with E-state index in [9.17, 15) is 9.59 Å². The van der Waals surface area contributed by atoms with E-state index in [1.807, 2.05) is 24.3 Å². The quantitative estimate of drug-likeness (QED) is 0.578. The lowest BCUT2D eigenvalue weighted by Crippen LogP contribution is -2.45. The van der Waals surface area contributed by atoms with Gasteiger partial charge in [-0.1, -0.05) is 31.0 Å². The normalized spacial score (nSPS) is 14.7. The molecule has 166 valence electrons. The monoisotopic (exact) mass is 433 g/mol. The first-order valence-electron chi connectivity index (χ1n) is 10.8. The van der Waals surface area contributed by atoms with Crippen molar-refractivity contribution in [1.29, 1.82) is 0 Å². The van der Waals surface area contributed by atoms with E-state index in [1.54, 1.807) is 43.8 Å². The Hall–Kier alpha value is -3.61. The molecule has 0 radical (unpaired) electrons. The number of hydrogen-bond donors (Lipinski definition) is 1. The van der Waals surface area contributed by atoms with Gasteiger partial charge in [-0.25, -0.2) is 0 Å². The fourth-order valence-corrected chi connectivity index (χ4v) is 4.21. The van der Waals surface area contributed by atoms with E-state index in [-0.39, 0.29) is 30.2 Å². The molecule has 7 heteroatoms. The molecular weight excluding hydrogens is 406 g/mol. The summed E-state index contributed by atoms with van der Waals surface area (Å²) in [7, 11) is 1.59. The van der Waals surface area contributed by atoms with Crippen LogP contribution in [0.15, 0.2) is 71.6 Å². The van der Waals surface area contributed by atoms with Crippen molar-refractivity contribution in [2.24, 2.45) is 0 Å². The summed E-state index contributed by atoms with van der Waals surface area (Å²) in [6.07, 6.45) is 8.81. The molecule has 7 nitrogen and oxygen atoms in total. The lowest BCUT2D eigenvalue weighted by Gasteiger charge is -2.32. The van der Waals surface area contributed by atoms with Crippen molar-refractivity contribution in [3.05, 3.63) is 84.1 Å². The van der Waals surface area contributed by atoms with E-state index in [4.69, 9.17) is 9.15 Å². The van der Waals surface area contributed by atoms with Crippen molar-refractivity contribution in [3.63, 3.8) is 0 Å². The Morgan fingerprint density at radius 1 is 1.12 bits per heavy atom. The van der Waals surface area contributed by atoms with Crippen LogP contribution >= 0.6 is 0 Å². The number of hydrogen-bond acceptors (Lipinski definition) is 5. The first-order chi connectivity index (χ1) is 15.7. The highest BCUT2D eigenvalue weighted by atomic mass is 16.5. The van der Waals surface area contributed by atoms with Gasteiger partial charge in [0.15, 0.2) is 5.76 Å². The van der Waals surface area contributed by atoms with E-state index in [0.29, 0.717) is 11.3 Å². The van der Waals surface area contributed by atoms with Gasteiger partial charge < -0.3 is 19.4 Å². The largest absolute Gasteiger partial charge is 0.496 e. The summed E-state index contributed by atoms with van der Waals surface area (Å²) in [5.74, 6) is 0.240. The molecule has 0 bridgehead atoms. The van der Waals surface area contributed by atoms with Crippen LogP contribution < -0.4 is 10.1 Å². The number of carbonyl (C=O) groups excluding carboxylic acids is 2. The second-order valence-electron chi connectivity index (χ2n) is 7.90. The molecule has 1 atom stereocenters. The minimum Gasteiger partial charge on any atom is -0.496 e. The molecule has 1 aliphatic rings. The summed E-state index contributed by atoms with van der Waals surface area (Å²) in [5, 5.41) is 3.16. The summed E-state index contributed by atoms with van der Waals surface area (Å²) in [6.45, 7) is 0.175. The van der Waals surface area contributed by atoms with Crippen LogP contribution in [0.5, 0.6) is 5.75 Å².